The molecule has 2 unspecified atom stereocenters. The number of carboxylic acids is 1. The highest BCUT2D eigenvalue weighted by atomic mass is 35.5. The molecule has 0 saturated carbocycles. The smallest absolute Gasteiger partial charge is 0.337 e. The second-order valence-corrected chi connectivity index (χ2v) is 5.59. The van der Waals surface area contributed by atoms with Crippen LogP contribution in [0.15, 0.2) is 18.2 Å². The molecule has 2 atom stereocenters. The molecule has 3 nitrogen and oxygen atoms in total. The standard InChI is InChI=1S/C14H18ClNO2/c1-9-3-4-10(2)16(8-9)13-7-11(15)5-6-12(13)14(17)18/h5-7,9-10H,3-4,8H2,1-2H3,(H,17,18). The van der Waals surface area contributed by atoms with Crippen molar-refractivity contribution in [2.75, 3.05) is 11.4 Å². The highest BCUT2D eigenvalue weighted by Crippen LogP contribution is 2.32. The van der Waals surface area contributed by atoms with Gasteiger partial charge in [0.15, 0.2) is 0 Å². The Kier molecular flexibility index (Phi) is 3.81. The van der Waals surface area contributed by atoms with E-state index in [0.29, 0.717) is 22.5 Å². The highest BCUT2D eigenvalue weighted by Gasteiger charge is 2.26. The van der Waals surface area contributed by atoms with Gasteiger partial charge < -0.3 is 10.0 Å². The lowest BCUT2D eigenvalue weighted by Crippen LogP contribution is -2.41. The molecule has 0 amide bonds. The molecule has 1 heterocycles. The lowest BCUT2D eigenvalue weighted by Gasteiger charge is -2.39. The molecule has 1 N–H and O–H groups in total. The molecule has 1 saturated heterocycles. The van der Waals surface area contributed by atoms with E-state index in [0.717, 1.165) is 18.7 Å². The van der Waals surface area contributed by atoms with Crippen LogP contribution in [0.4, 0.5) is 5.69 Å². The number of nitrogens with zero attached hydrogens (tertiary/aromatic N) is 1. The summed E-state index contributed by atoms with van der Waals surface area (Å²) in [6.45, 7) is 5.23. The lowest BCUT2D eigenvalue weighted by atomic mass is 9.94. The molecule has 1 aromatic rings. The van der Waals surface area contributed by atoms with Gasteiger partial charge in [-0.15, -0.1) is 0 Å². The fourth-order valence-electron chi connectivity index (χ4n) is 2.55. The van der Waals surface area contributed by atoms with Crippen molar-refractivity contribution < 1.29 is 9.90 Å². The van der Waals surface area contributed by atoms with Crippen molar-refractivity contribution in [1.82, 2.24) is 0 Å². The summed E-state index contributed by atoms with van der Waals surface area (Å²) in [4.78, 5) is 13.5. The van der Waals surface area contributed by atoms with E-state index in [1.165, 1.54) is 6.42 Å². The van der Waals surface area contributed by atoms with Gasteiger partial charge in [-0.25, -0.2) is 4.79 Å². The fourth-order valence-corrected chi connectivity index (χ4v) is 2.71. The normalized spacial score (nSPS) is 24.1. The first-order valence-corrected chi connectivity index (χ1v) is 6.66. The van der Waals surface area contributed by atoms with Crippen molar-refractivity contribution >= 4 is 23.3 Å². The van der Waals surface area contributed by atoms with E-state index in [4.69, 9.17) is 11.6 Å². The Balaban J connectivity index is 2.41. The van der Waals surface area contributed by atoms with E-state index in [1.807, 2.05) is 0 Å². The number of halogens is 1. The molecule has 0 bridgehead atoms. The Hall–Kier alpha value is -1.22. The minimum absolute atomic E-state index is 0.334. The predicted octanol–water partition coefficient (Wildman–Crippen LogP) is 3.66. The average Bonchev–Trinajstić information content (AvgIpc) is 2.31. The molecular weight excluding hydrogens is 250 g/mol. The first-order chi connectivity index (χ1) is 8.49. The Morgan fingerprint density at radius 2 is 2.11 bits per heavy atom. The van der Waals surface area contributed by atoms with Crippen LogP contribution < -0.4 is 4.90 Å². The number of carbonyl (C=O) groups is 1. The van der Waals surface area contributed by atoms with Gasteiger partial charge in [-0.05, 0) is 43.9 Å². The maximum absolute atomic E-state index is 11.3. The fraction of sp³-hybridized carbons (Fsp3) is 0.500. The van der Waals surface area contributed by atoms with Crippen molar-refractivity contribution in [1.29, 1.82) is 0 Å². The Morgan fingerprint density at radius 3 is 2.78 bits per heavy atom. The van der Waals surface area contributed by atoms with Crippen molar-refractivity contribution in [3.05, 3.63) is 28.8 Å². The van der Waals surface area contributed by atoms with Gasteiger partial charge >= 0.3 is 5.97 Å². The monoisotopic (exact) mass is 267 g/mol. The zero-order valence-corrected chi connectivity index (χ0v) is 11.4. The lowest BCUT2D eigenvalue weighted by molar-refractivity contribution is 0.0697. The van der Waals surface area contributed by atoms with E-state index in [1.54, 1.807) is 18.2 Å². The molecule has 0 spiro atoms. The minimum Gasteiger partial charge on any atom is -0.478 e. The third-order valence-corrected chi connectivity index (χ3v) is 3.85. The van der Waals surface area contributed by atoms with E-state index in [-0.39, 0.29) is 0 Å². The topological polar surface area (TPSA) is 40.5 Å². The first kappa shape index (κ1) is 13.2. The van der Waals surface area contributed by atoms with Crippen molar-refractivity contribution in [2.24, 2.45) is 5.92 Å². The molecule has 2 rings (SSSR count). The van der Waals surface area contributed by atoms with E-state index >= 15 is 0 Å². The van der Waals surface area contributed by atoms with Gasteiger partial charge in [0.25, 0.3) is 0 Å². The number of hydrogen-bond donors (Lipinski definition) is 1. The molecule has 0 aliphatic carbocycles. The number of benzene rings is 1. The van der Waals surface area contributed by atoms with E-state index in [2.05, 4.69) is 18.7 Å². The van der Waals surface area contributed by atoms with Gasteiger partial charge in [-0.3, -0.25) is 0 Å². The molecular formula is C14H18ClNO2. The second-order valence-electron chi connectivity index (χ2n) is 5.15. The number of carboxylic acid groups (broad SMARTS) is 1. The summed E-state index contributed by atoms with van der Waals surface area (Å²) in [7, 11) is 0. The average molecular weight is 268 g/mol. The summed E-state index contributed by atoms with van der Waals surface area (Å²) in [6.07, 6.45) is 2.29. The van der Waals surface area contributed by atoms with Crippen LogP contribution in [0, 0.1) is 5.92 Å². The van der Waals surface area contributed by atoms with Gasteiger partial charge in [-0.1, -0.05) is 18.5 Å². The third kappa shape index (κ3) is 2.61. The van der Waals surface area contributed by atoms with E-state index < -0.39 is 5.97 Å². The number of rotatable bonds is 2. The largest absolute Gasteiger partial charge is 0.478 e. The highest BCUT2D eigenvalue weighted by molar-refractivity contribution is 6.31. The van der Waals surface area contributed by atoms with Gasteiger partial charge in [0, 0.05) is 17.6 Å². The number of anilines is 1. The molecule has 1 aliphatic heterocycles. The van der Waals surface area contributed by atoms with Crippen LogP contribution in [-0.4, -0.2) is 23.7 Å². The van der Waals surface area contributed by atoms with Gasteiger partial charge in [0.2, 0.25) is 0 Å². The van der Waals surface area contributed by atoms with Crippen LogP contribution in [0.25, 0.3) is 0 Å². The Bertz CT molecular complexity index is 461. The maximum Gasteiger partial charge on any atom is 0.337 e. The number of aromatic carboxylic acids is 1. The second kappa shape index (κ2) is 5.19. The SMILES string of the molecule is CC1CCC(C)N(c2cc(Cl)ccc2C(=O)O)C1. The van der Waals surface area contributed by atoms with Crippen molar-refractivity contribution in [3.8, 4) is 0 Å². The van der Waals surface area contributed by atoms with Crippen LogP contribution in [-0.2, 0) is 0 Å². The van der Waals surface area contributed by atoms with Crippen molar-refractivity contribution in [3.63, 3.8) is 0 Å². The zero-order chi connectivity index (χ0) is 13.3. The van der Waals surface area contributed by atoms with Gasteiger partial charge in [0.1, 0.15) is 0 Å². The summed E-state index contributed by atoms with van der Waals surface area (Å²) >= 11 is 6.01. The van der Waals surface area contributed by atoms with Gasteiger partial charge in [0.05, 0.1) is 11.3 Å². The summed E-state index contributed by atoms with van der Waals surface area (Å²) in [5.41, 5.74) is 1.08. The summed E-state index contributed by atoms with van der Waals surface area (Å²) in [6, 6.07) is 5.34. The summed E-state index contributed by atoms with van der Waals surface area (Å²) in [5, 5.41) is 9.85. The molecule has 4 heteroatoms. The van der Waals surface area contributed by atoms with E-state index in [9.17, 15) is 9.90 Å². The van der Waals surface area contributed by atoms with Crippen molar-refractivity contribution in [2.45, 2.75) is 32.7 Å². The quantitative estimate of drug-likeness (QED) is 0.889. The maximum atomic E-state index is 11.3. The van der Waals surface area contributed by atoms with Gasteiger partial charge in [-0.2, -0.15) is 0 Å². The van der Waals surface area contributed by atoms with Crippen LogP contribution in [0.2, 0.25) is 5.02 Å². The Labute approximate surface area is 112 Å². The minimum atomic E-state index is -0.896. The summed E-state index contributed by atoms with van der Waals surface area (Å²) in [5.74, 6) is -0.311. The van der Waals surface area contributed by atoms with Crippen LogP contribution in [0.1, 0.15) is 37.0 Å². The number of piperidine rings is 1. The third-order valence-electron chi connectivity index (χ3n) is 3.62. The van der Waals surface area contributed by atoms with Crippen LogP contribution >= 0.6 is 11.6 Å². The molecule has 1 aliphatic rings. The molecule has 18 heavy (non-hydrogen) atoms. The molecule has 0 aromatic heterocycles. The molecule has 1 aromatic carbocycles. The Morgan fingerprint density at radius 1 is 1.39 bits per heavy atom. The zero-order valence-electron chi connectivity index (χ0n) is 10.7. The van der Waals surface area contributed by atoms with Crippen LogP contribution in [0.3, 0.4) is 0 Å². The molecule has 1 fully saturated rings. The first-order valence-electron chi connectivity index (χ1n) is 6.28. The number of hydrogen-bond acceptors (Lipinski definition) is 2. The summed E-state index contributed by atoms with van der Waals surface area (Å²) < 4.78 is 0. The molecule has 98 valence electrons. The van der Waals surface area contributed by atoms with Crippen LogP contribution in [0.5, 0.6) is 0 Å². The predicted molar refractivity (Wildman–Crippen MR) is 73.6 cm³/mol. The molecule has 0 radical (unpaired) electrons.